The molecule has 1 rings (SSSR count). The Kier molecular flexibility index (Phi) is 4.24. The summed E-state index contributed by atoms with van der Waals surface area (Å²) in [5.41, 5.74) is 8.42. The van der Waals surface area contributed by atoms with E-state index in [0.29, 0.717) is 5.92 Å². The van der Waals surface area contributed by atoms with Crippen molar-refractivity contribution in [1.82, 2.24) is 4.98 Å². The standard InChI is InChI=1S/C12H20N2O/c1-8(2)12(15-4)11(13)10-7-14-6-5-9(10)3/h5-8,11-12H,13H2,1-4H3. The van der Waals surface area contributed by atoms with Crippen molar-refractivity contribution >= 4 is 0 Å². The van der Waals surface area contributed by atoms with E-state index in [9.17, 15) is 0 Å². The topological polar surface area (TPSA) is 48.1 Å². The molecule has 15 heavy (non-hydrogen) atoms. The summed E-state index contributed by atoms with van der Waals surface area (Å²) in [6.07, 6.45) is 3.64. The minimum atomic E-state index is -0.108. The molecule has 0 aromatic carbocycles. The van der Waals surface area contributed by atoms with Crippen LogP contribution in [0, 0.1) is 12.8 Å². The molecule has 0 saturated carbocycles. The lowest BCUT2D eigenvalue weighted by molar-refractivity contribution is 0.0435. The van der Waals surface area contributed by atoms with Gasteiger partial charge in [-0.1, -0.05) is 13.8 Å². The number of pyridine rings is 1. The van der Waals surface area contributed by atoms with Crippen LogP contribution in [0.2, 0.25) is 0 Å². The van der Waals surface area contributed by atoms with Gasteiger partial charge in [0, 0.05) is 19.5 Å². The molecule has 1 aromatic rings. The maximum atomic E-state index is 6.19. The Balaban J connectivity index is 2.92. The van der Waals surface area contributed by atoms with Crippen molar-refractivity contribution in [1.29, 1.82) is 0 Å². The van der Waals surface area contributed by atoms with Gasteiger partial charge in [0.05, 0.1) is 12.1 Å². The number of ether oxygens (including phenoxy) is 1. The van der Waals surface area contributed by atoms with E-state index in [1.165, 1.54) is 5.56 Å². The molecule has 84 valence electrons. The van der Waals surface area contributed by atoms with Crippen LogP contribution in [0.3, 0.4) is 0 Å². The minimum absolute atomic E-state index is 0.0351. The first-order chi connectivity index (χ1) is 7.07. The number of nitrogens with two attached hydrogens (primary N) is 1. The number of hydrogen-bond acceptors (Lipinski definition) is 3. The van der Waals surface area contributed by atoms with Crippen LogP contribution in [0.25, 0.3) is 0 Å². The van der Waals surface area contributed by atoms with E-state index in [1.54, 1.807) is 13.3 Å². The number of aryl methyl sites for hydroxylation is 1. The second-order valence-electron chi connectivity index (χ2n) is 4.20. The monoisotopic (exact) mass is 208 g/mol. The van der Waals surface area contributed by atoms with Crippen molar-refractivity contribution in [3.8, 4) is 0 Å². The first kappa shape index (κ1) is 12.1. The fourth-order valence-electron chi connectivity index (χ4n) is 1.84. The highest BCUT2D eigenvalue weighted by molar-refractivity contribution is 5.25. The Morgan fingerprint density at radius 1 is 1.40 bits per heavy atom. The lowest BCUT2D eigenvalue weighted by Gasteiger charge is -2.26. The maximum absolute atomic E-state index is 6.19. The zero-order chi connectivity index (χ0) is 11.4. The molecule has 0 bridgehead atoms. The van der Waals surface area contributed by atoms with E-state index in [4.69, 9.17) is 10.5 Å². The Bertz CT molecular complexity index is 312. The molecule has 0 amide bonds. The molecule has 0 aliphatic heterocycles. The molecule has 2 unspecified atom stereocenters. The minimum Gasteiger partial charge on any atom is -0.379 e. The quantitative estimate of drug-likeness (QED) is 0.824. The Morgan fingerprint density at radius 3 is 2.53 bits per heavy atom. The van der Waals surface area contributed by atoms with Crippen molar-refractivity contribution in [2.45, 2.75) is 32.9 Å². The third kappa shape index (κ3) is 2.76. The van der Waals surface area contributed by atoms with Gasteiger partial charge in [0.1, 0.15) is 0 Å². The van der Waals surface area contributed by atoms with Gasteiger partial charge in [0.2, 0.25) is 0 Å². The predicted molar refractivity (Wildman–Crippen MR) is 61.5 cm³/mol. The molecule has 0 fully saturated rings. The molecule has 1 aromatic heterocycles. The average molecular weight is 208 g/mol. The lowest BCUT2D eigenvalue weighted by Crippen LogP contribution is -2.33. The zero-order valence-corrected chi connectivity index (χ0v) is 9.90. The third-order valence-electron chi connectivity index (χ3n) is 2.72. The fourth-order valence-corrected chi connectivity index (χ4v) is 1.84. The number of methoxy groups -OCH3 is 1. The van der Waals surface area contributed by atoms with Gasteiger partial charge in [-0.15, -0.1) is 0 Å². The summed E-state index contributed by atoms with van der Waals surface area (Å²) >= 11 is 0. The molecule has 0 spiro atoms. The molecule has 0 aliphatic carbocycles. The number of hydrogen-bond donors (Lipinski definition) is 1. The van der Waals surface area contributed by atoms with Crippen LogP contribution in [0.4, 0.5) is 0 Å². The summed E-state index contributed by atoms with van der Waals surface area (Å²) < 4.78 is 5.43. The van der Waals surface area contributed by atoms with Crippen LogP contribution in [0.1, 0.15) is 31.0 Å². The van der Waals surface area contributed by atoms with E-state index >= 15 is 0 Å². The van der Waals surface area contributed by atoms with Crippen molar-refractivity contribution in [3.63, 3.8) is 0 Å². The second-order valence-corrected chi connectivity index (χ2v) is 4.20. The summed E-state index contributed by atoms with van der Waals surface area (Å²) in [5.74, 6) is 0.393. The highest BCUT2D eigenvalue weighted by atomic mass is 16.5. The first-order valence-corrected chi connectivity index (χ1v) is 5.26. The highest BCUT2D eigenvalue weighted by Gasteiger charge is 2.23. The Morgan fingerprint density at radius 2 is 2.07 bits per heavy atom. The molecule has 3 nitrogen and oxygen atoms in total. The zero-order valence-electron chi connectivity index (χ0n) is 9.90. The number of nitrogens with zero attached hydrogens (tertiary/aromatic N) is 1. The van der Waals surface area contributed by atoms with Gasteiger partial charge in [-0.05, 0) is 30.0 Å². The SMILES string of the molecule is COC(C(C)C)C(N)c1cnccc1C. The second kappa shape index (κ2) is 5.24. The van der Waals surface area contributed by atoms with Gasteiger partial charge in [-0.25, -0.2) is 0 Å². The lowest BCUT2D eigenvalue weighted by atomic mass is 9.93. The molecular weight excluding hydrogens is 188 g/mol. The van der Waals surface area contributed by atoms with Crippen molar-refractivity contribution in [2.75, 3.05) is 7.11 Å². The van der Waals surface area contributed by atoms with Gasteiger partial charge in [-0.2, -0.15) is 0 Å². The molecule has 2 N–H and O–H groups in total. The molecule has 0 radical (unpaired) electrons. The van der Waals surface area contributed by atoms with E-state index < -0.39 is 0 Å². The summed E-state index contributed by atoms with van der Waals surface area (Å²) in [6.45, 7) is 6.27. The van der Waals surface area contributed by atoms with E-state index in [-0.39, 0.29) is 12.1 Å². The molecule has 0 aliphatic rings. The van der Waals surface area contributed by atoms with Gasteiger partial charge < -0.3 is 10.5 Å². The number of aromatic nitrogens is 1. The normalized spacial score (nSPS) is 15.3. The largest absolute Gasteiger partial charge is 0.379 e. The van der Waals surface area contributed by atoms with Crippen LogP contribution in [-0.2, 0) is 4.74 Å². The van der Waals surface area contributed by atoms with Gasteiger partial charge in [0.15, 0.2) is 0 Å². The van der Waals surface area contributed by atoms with E-state index in [2.05, 4.69) is 18.8 Å². The van der Waals surface area contributed by atoms with Crippen molar-refractivity contribution < 1.29 is 4.74 Å². The maximum Gasteiger partial charge on any atom is 0.0787 e. The average Bonchev–Trinajstić information content (AvgIpc) is 2.18. The molecule has 1 heterocycles. The van der Waals surface area contributed by atoms with Crippen LogP contribution in [0.15, 0.2) is 18.5 Å². The predicted octanol–water partition coefficient (Wildman–Crippen LogP) is 2.06. The Hall–Kier alpha value is -0.930. The highest BCUT2D eigenvalue weighted by Crippen LogP contribution is 2.23. The summed E-state index contributed by atoms with van der Waals surface area (Å²) in [5, 5.41) is 0. The molecule has 3 heteroatoms. The molecular formula is C12H20N2O. The van der Waals surface area contributed by atoms with E-state index in [1.807, 2.05) is 19.2 Å². The van der Waals surface area contributed by atoms with Crippen LogP contribution in [0.5, 0.6) is 0 Å². The van der Waals surface area contributed by atoms with Gasteiger partial charge in [0.25, 0.3) is 0 Å². The first-order valence-electron chi connectivity index (χ1n) is 5.26. The summed E-state index contributed by atoms with van der Waals surface area (Å²) in [7, 11) is 1.70. The molecule has 0 saturated heterocycles. The number of rotatable bonds is 4. The Labute approximate surface area is 91.7 Å². The fraction of sp³-hybridized carbons (Fsp3) is 0.583. The van der Waals surface area contributed by atoms with Crippen LogP contribution < -0.4 is 5.73 Å². The summed E-state index contributed by atoms with van der Waals surface area (Å²) in [6, 6.07) is 1.87. The molecule has 2 atom stereocenters. The van der Waals surface area contributed by atoms with Gasteiger partial charge >= 0.3 is 0 Å². The van der Waals surface area contributed by atoms with Crippen LogP contribution in [-0.4, -0.2) is 18.2 Å². The van der Waals surface area contributed by atoms with Crippen LogP contribution >= 0.6 is 0 Å². The van der Waals surface area contributed by atoms with Crippen molar-refractivity contribution in [3.05, 3.63) is 29.6 Å². The third-order valence-corrected chi connectivity index (χ3v) is 2.72. The van der Waals surface area contributed by atoms with E-state index in [0.717, 1.165) is 5.56 Å². The summed E-state index contributed by atoms with van der Waals surface area (Å²) in [4.78, 5) is 4.11. The van der Waals surface area contributed by atoms with Gasteiger partial charge in [-0.3, -0.25) is 4.98 Å². The van der Waals surface area contributed by atoms with Crippen molar-refractivity contribution in [2.24, 2.45) is 11.7 Å². The smallest absolute Gasteiger partial charge is 0.0787 e.